The van der Waals surface area contributed by atoms with E-state index in [2.05, 4.69) is 4.98 Å². The average Bonchev–Trinajstić information content (AvgIpc) is 3.10. The zero-order chi connectivity index (χ0) is 24.4. The van der Waals surface area contributed by atoms with Crippen LogP contribution < -0.4 is 9.64 Å². The summed E-state index contributed by atoms with van der Waals surface area (Å²) in [6.45, 7) is 4.46. The summed E-state index contributed by atoms with van der Waals surface area (Å²) in [6, 6.07) is 11.6. The number of aliphatic hydroxyl groups excluding tert-OH is 1. The number of rotatable bonds is 6. The number of nitrogens with zero attached hydrogens (tertiary/aromatic N) is 2. The summed E-state index contributed by atoms with van der Waals surface area (Å²) in [6.07, 6.45) is 2.95. The first-order valence-corrected chi connectivity index (χ1v) is 10.7. The predicted molar refractivity (Wildman–Crippen MR) is 122 cm³/mol. The highest BCUT2D eigenvalue weighted by Crippen LogP contribution is 2.42. The van der Waals surface area contributed by atoms with Gasteiger partial charge in [0.1, 0.15) is 11.5 Å². The van der Waals surface area contributed by atoms with Gasteiger partial charge in [-0.2, -0.15) is 0 Å². The van der Waals surface area contributed by atoms with Crippen LogP contribution in [0.25, 0.3) is 5.76 Å². The Labute approximate surface area is 195 Å². The van der Waals surface area contributed by atoms with Gasteiger partial charge in [0.05, 0.1) is 18.2 Å². The van der Waals surface area contributed by atoms with Gasteiger partial charge in [-0.05, 0) is 47.9 Å². The Bertz CT molecular complexity index is 1270. The van der Waals surface area contributed by atoms with E-state index in [1.807, 2.05) is 13.8 Å². The predicted octanol–water partition coefficient (Wildman–Crippen LogP) is 5.02. The van der Waals surface area contributed by atoms with Crippen molar-refractivity contribution in [1.82, 2.24) is 4.98 Å². The quantitative estimate of drug-likeness (QED) is 0.315. The Morgan fingerprint density at radius 3 is 2.47 bits per heavy atom. The number of halogens is 2. The molecule has 1 atom stereocenters. The molecule has 1 aromatic heterocycles. The first-order valence-electron chi connectivity index (χ1n) is 10.7. The van der Waals surface area contributed by atoms with Crippen LogP contribution >= 0.6 is 0 Å². The lowest BCUT2D eigenvalue weighted by Crippen LogP contribution is -2.29. The maximum Gasteiger partial charge on any atom is 0.300 e. The van der Waals surface area contributed by atoms with E-state index in [1.165, 1.54) is 18.5 Å². The zero-order valence-electron chi connectivity index (χ0n) is 18.5. The molecule has 34 heavy (non-hydrogen) atoms. The zero-order valence-corrected chi connectivity index (χ0v) is 18.5. The number of ether oxygens (including phenoxy) is 1. The number of Topliss-reactive ketones (excluding diaryl/α,β-unsaturated/α-hetero) is 1. The van der Waals surface area contributed by atoms with Gasteiger partial charge in [0.2, 0.25) is 0 Å². The molecule has 0 aliphatic carbocycles. The summed E-state index contributed by atoms with van der Waals surface area (Å²) in [5.74, 6) is -3.79. The maximum absolute atomic E-state index is 14.0. The molecule has 1 N–H and O–H groups in total. The van der Waals surface area contributed by atoms with Crippen LogP contribution in [-0.2, 0) is 9.59 Å². The fraction of sp³-hybridized carbons (Fsp3) is 0.192. The van der Waals surface area contributed by atoms with Crippen LogP contribution in [0, 0.1) is 17.6 Å². The minimum atomic E-state index is -1.16. The van der Waals surface area contributed by atoms with E-state index >= 15 is 0 Å². The molecular weight excluding hydrogens is 442 g/mol. The Balaban J connectivity index is 1.86. The summed E-state index contributed by atoms with van der Waals surface area (Å²) >= 11 is 0. The molecule has 1 unspecified atom stereocenters. The first-order chi connectivity index (χ1) is 16.3. The topological polar surface area (TPSA) is 79.7 Å². The van der Waals surface area contributed by atoms with Crippen molar-refractivity contribution >= 4 is 23.1 Å². The molecule has 0 spiro atoms. The van der Waals surface area contributed by atoms with Crippen molar-refractivity contribution in [2.24, 2.45) is 5.92 Å². The van der Waals surface area contributed by atoms with Crippen LogP contribution in [0.4, 0.5) is 14.5 Å². The molecule has 1 saturated heterocycles. The van der Waals surface area contributed by atoms with Crippen LogP contribution in [0.5, 0.6) is 5.75 Å². The molecule has 1 fully saturated rings. The van der Waals surface area contributed by atoms with Gasteiger partial charge in [0.25, 0.3) is 11.7 Å². The number of hydrogen-bond acceptors (Lipinski definition) is 5. The van der Waals surface area contributed by atoms with E-state index in [0.29, 0.717) is 17.9 Å². The summed E-state index contributed by atoms with van der Waals surface area (Å²) in [7, 11) is 0. The molecule has 174 valence electrons. The molecule has 0 saturated carbocycles. The van der Waals surface area contributed by atoms with Gasteiger partial charge >= 0.3 is 0 Å². The maximum atomic E-state index is 14.0. The molecular formula is C26H22F2N2O4. The standard InChI is InChI=1S/C26H22F2N2O4/c1-15(2)14-34-19-5-3-4-17(12-19)24(31)22-23(16-8-10-29-11-9-16)30(26(33)25(22)32)18-6-7-20(27)21(28)13-18/h3-13,15,23,31H,14H2,1-2H3/b24-22+. The molecule has 3 aromatic rings. The average molecular weight is 464 g/mol. The van der Waals surface area contributed by atoms with Crippen molar-refractivity contribution in [3.05, 3.63) is 95.3 Å². The van der Waals surface area contributed by atoms with Crippen LogP contribution in [0.15, 0.2) is 72.6 Å². The highest BCUT2D eigenvalue weighted by Gasteiger charge is 2.47. The molecule has 1 aliphatic rings. The van der Waals surface area contributed by atoms with Gasteiger partial charge in [-0.25, -0.2) is 8.78 Å². The third-order valence-corrected chi connectivity index (χ3v) is 5.34. The number of carbonyl (C=O) groups is 2. The van der Waals surface area contributed by atoms with Gasteiger partial charge in [-0.3, -0.25) is 19.5 Å². The van der Waals surface area contributed by atoms with E-state index < -0.39 is 35.1 Å². The SMILES string of the molecule is CC(C)COc1cccc(/C(O)=C2\C(=O)C(=O)N(c3ccc(F)c(F)c3)C2c2ccncc2)c1. The molecule has 8 heteroatoms. The minimum Gasteiger partial charge on any atom is -0.507 e. The molecule has 2 aromatic carbocycles. The molecule has 6 nitrogen and oxygen atoms in total. The fourth-order valence-electron chi connectivity index (χ4n) is 3.75. The largest absolute Gasteiger partial charge is 0.507 e. The number of aromatic nitrogens is 1. The second kappa shape index (κ2) is 9.43. The number of hydrogen-bond donors (Lipinski definition) is 1. The van der Waals surface area contributed by atoms with E-state index in [9.17, 15) is 23.5 Å². The van der Waals surface area contributed by atoms with Gasteiger partial charge in [0.15, 0.2) is 11.6 Å². The van der Waals surface area contributed by atoms with Crippen molar-refractivity contribution in [2.75, 3.05) is 11.5 Å². The van der Waals surface area contributed by atoms with Crippen LogP contribution in [0.2, 0.25) is 0 Å². The van der Waals surface area contributed by atoms with Crippen molar-refractivity contribution in [3.8, 4) is 5.75 Å². The number of benzene rings is 2. The lowest BCUT2D eigenvalue weighted by Gasteiger charge is -2.25. The number of pyridine rings is 1. The Hall–Kier alpha value is -4.07. The first kappa shape index (κ1) is 23.1. The Morgan fingerprint density at radius 1 is 1.06 bits per heavy atom. The number of carbonyl (C=O) groups excluding carboxylic acids is 2. The van der Waals surface area contributed by atoms with Crippen molar-refractivity contribution in [1.29, 1.82) is 0 Å². The van der Waals surface area contributed by atoms with Gasteiger partial charge in [-0.15, -0.1) is 0 Å². The summed E-state index contributed by atoms with van der Waals surface area (Å²) in [5.41, 5.74) is 0.550. The second-order valence-corrected chi connectivity index (χ2v) is 8.28. The fourth-order valence-corrected chi connectivity index (χ4v) is 3.75. The van der Waals surface area contributed by atoms with Crippen LogP contribution in [0.1, 0.15) is 31.0 Å². The van der Waals surface area contributed by atoms with E-state index in [1.54, 1.807) is 36.4 Å². The third-order valence-electron chi connectivity index (χ3n) is 5.34. The summed E-state index contributed by atoms with van der Waals surface area (Å²) in [4.78, 5) is 31.2. The molecule has 4 rings (SSSR count). The van der Waals surface area contributed by atoms with Gasteiger partial charge < -0.3 is 9.84 Å². The van der Waals surface area contributed by atoms with E-state index in [4.69, 9.17) is 4.74 Å². The molecule has 0 bridgehead atoms. The van der Waals surface area contributed by atoms with Crippen molar-refractivity contribution in [2.45, 2.75) is 19.9 Å². The van der Waals surface area contributed by atoms with Crippen LogP contribution in [0.3, 0.4) is 0 Å². The normalized spacial score (nSPS) is 17.4. The molecule has 1 aliphatic heterocycles. The second-order valence-electron chi connectivity index (χ2n) is 8.28. The lowest BCUT2D eigenvalue weighted by atomic mass is 9.95. The highest BCUT2D eigenvalue weighted by molar-refractivity contribution is 6.51. The van der Waals surface area contributed by atoms with E-state index in [0.717, 1.165) is 17.0 Å². The van der Waals surface area contributed by atoms with Gasteiger partial charge in [0, 0.05) is 29.7 Å². The molecule has 2 heterocycles. The summed E-state index contributed by atoms with van der Waals surface area (Å²) in [5, 5.41) is 11.2. The molecule has 1 amide bonds. The van der Waals surface area contributed by atoms with Crippen molar-refractivity contribution < 1.29 is 28.2 Å². The Morgan fingerprint density at radius 2 is 1.79 bits per heavy atom. The number of amides is 1. The number of aliphatic hydroxyl groups is 1. The molecule has 0 radical (unpaired) electrons. The van der Waals surface area contributed by atoms with Crippen molar-refractivity contribution in [3.63, 3.8) is 0 Å². The number of anilines is 1. The minimum absolute atomic E-state index is 0.0177. The monoisotopic (exact) mass is 464 g/mol. The third kappa shape index (κ3) is 4.39. The van der Waals surface area contributed by atoms with Crippen LogP contribution in [-0.4, -0.2) is 28.4 Å². The number of ketones is 1. The Kier molecular flexibility index (Phi) is 6.40. The van der Waals surface area contributed by atoms with Gasteiger partial charge in [-0.1, -0.05) is 26.0 Å². The van der Waals surface area contributed by atoms with E-state index in [-0.39, 0.29) is 22.7 Å². The lowest BCUT2D eigenvalue weighted by molar-refractivity contribution is -0.132. The smallest absolute Gasteiger partial charge is 0.300 e. The summed E-state index contributed by atoms with van der Waals surface area (Å²) < 4.78 is 33.3. The highest BCUT2D eigenvalue weighted by atomic mass is 19.2.